The fourth-order valence-electron chi connectivity index (χ4n) is 0.305. The van der Waals surface area contributed by atoms with Gasteiger partial charge in [-0.15, -0.1) is 0 Å². The van der Waals surface area contributed by atoms with Crippen LogP contribution in [0, 0.1) is 10.1 Å². The van der Waals surface area contributed by atoms with Crippen molar-refractivity contribution in [2.24, 2.45) is 0 Å². The summed E-state index contributed by atoms with van der Waals surface area (Å²) < 4.78 is 0. The minimum Gasteiger partial charge on any atom is -0.390 e. The Bertz CT molecular complexity index is 103. The van der Waals surface area contributed by atoms with Crippen LogP contribution in [0.3, 0.4) is 0 Å². The van der Waals surface area contributed by atoms with Gasteiger partial charge in [0.15, 0.2) is 0 Å². The summed E-state index contributed by atoms with van der Waals surface area (Å²) in [5.74, 6) is 0. The predicted octanol–water partition coefficient (Wildman–Crippen LogP) is -0.995. The van der Waals surface area contributed by atoms with E-state index in [1.807, 2.05) is 0 Å². The van der Waals surface area contributed by atoms with Crippen molar-refractivity contribution in [2.75, 3.05) is 6.54 Å². The van der Waals surface area contributed by atoms with E-state index in [9.17, 15) is 10.1 Å². The van der Waals surface area contributed by atoms with E-state index in [1.165, 1.54) is 6.92 Å². The van der Waals surface area contributed by atoms with Crippen LogP contribution in [0.5, 0.6) is 0 Å². The summed E-state index contributed by atoms with van der Waals surface area (Å²) in [5, 5.41) is 26.8. The standard InChI is InChI=1S/C4H9NO4/c1-3(6)4(7)2-5(8)9/h3-4,6-7H,2H2,1H3/t3-,4+/m1/s1. The van der Waals surface area contributed by atoms with Crippen LogP contribution in [0.15, 0.2) is 0 Å². The van der Waals surface area contributed by atoms with E-state index in [4.69, 9.17) is 10.2 Å². The van der Waals surface area contributed by atoms with E-state index in [-0.39, 0.29) is 0 Å². The third-order valence-electron chi connectivity index (χ3n) is 0.893. The SMILES string of the molecule is C[C@@H](O)[C@@H](O)C[N+](=O)[O-]. The normalized spacial score (nSPS) is 16.8. The largest absolute Gasteiger partial charge is 0.390 e. The molecule has 0 amide bonds. The van der Waals surface area contributed by atoms with Crippen molar-refractivity contribution < 1.29 is 15.1 Å². The molecule has 5 nitrogen and oxygen atoms in total. The summed E-state index contributed by atoms with van der Waals surface area (Å²) in [7, 11) is 0. The average molecular weight is 135 g/mol. The van der Waals surface area contributed by atoms with Gasteiger partial charge >= 0.3 is 0 Å². The second-order valence-electron chi connectivity index (χ2n) is 1.82. The number of nitro groups is 1. The first-order valence-electron chi connectivity index (χ1n) is 2.52. The maximum absolute atomic E-state index is 9.65. The van der Waals surface area contributed by atoms with Gasteiger partial charge in [0.05, 0.1) is 6.10 Å². The lowest BCUT2D eigenvalue weighted by atomic mass is 10.2. The first-order chi connectivity index (χ1) is 4.04. The molecule has 0 radical (unpaired) electrons. The highest BCUT2D eigenvalue weighted by atomic mass is 16.6. The van der Waals surface area contributed by atoms with Crippen LogP contribution in [0.2, 0.25) is 0 Å². The molecular weight excluding hydrogens is 126 g/mol. The molecule has 0 aliphatic carbocycles. The Balaban J connectivity index is 3.50. The highest BCUT2D eigenvalue weighted by Crippen LogP contribution is 1.90. The molecule has 0 rings (SSSR count). The molecule has 0 aliphatic heterocycles. The third-order valence-corrected chi connectivity index (χ3v) is 0.893. The van der Waals surface area contributed by atoms with Crippen LogP contribution in [0.25, 0.3) is 0 Å². The van der Waals surface area contributed by atoms with Crippen molar-refractivity contribution in [3.63, 3.8) is 0 Å². The third kappa shape index (κ3) is 3.87. The molecule has 2 atom stereocenters. The molecule has 0 aromatic rings. The van der Waals surface area contributed by atoms with E-state index >= 15 is 0 Å². The van der Waals surface area contributed by atoms with E-state index in [1.54, 1.807) is 0 Å². The number of hydrogen-bond acceptors (Lipinski definition) is 4. The van der Waals surface area contributed by atoms with Crippen LogP contribution in [-0.2, 0) is 0 Å². The lowest BCUT2D eigenvalue weighted by Crippen LogP contribution is -2.30. The zero-order valence-electron chi connectivity index (χ0n) is 5.02. The quantitative estimate of drug-likeness (QED) is 0.384. The summed E-state index contributed by atoms with van der Waals surface area (Å²) in [6.45, 7) is 0.700. The van der Waals surface area contributed by atoms with Gasteiger partial charge in [0.25, 0.3) is 0 Å². The van der Waals surface area contributed by atoms with Crippen molar-refractivity contribution in [3.05, 3.63) is 10.1 Å². The monoisotopic (exact) mass is 135 g/mol. The van der Waals surface area contributed by atoms with Gasteiger partial charge in [0.1, 0.15) is 6.10 Å². The molecule has 0 saturated heterocycles. The fraction of sp³-hybridized carbons (Fsp3) is 1.00. The molecular formula is C4H9NO4. The minimum absolute atomic E-state index is 0.600. The summed E-state index contributed by atoms with van der Waals surface area (Å²) >= 11 is 0. The second kappa shape index (κ2) is 3.37. The maximum atomic E-state index is 9.65. The Hall–Kier alpha value is -0.680. The predicted molar refractivity (Wildman–Crippen MR) is 29.5 cm³/mol. The molecule has 0 heterocycles. The Morgan fingerprint density at radius 2 is 2.11 bits per heavy atom. The Morgan fingerprint density at radius 1 is 1.67 bits per heavy atom. The molecule has 0 spiro atoms. The molecule has 54 valence electrons. The summed E-state index contributed by atoms with van der Waals surface area (Å²) in [5.41, 5.74) is 0. The van der Waals surface area contributed by atoms with Gasteiger partial charge in [-0.3, -0.25) is 10.1 Å². The Labute approximate surface area is 52.1 Å². The van der Waals surface area contributed by atoms with Gasteiger partial charge in [-0.2, -0.15) is 0 Å². The smallest absolute Gasteiger partial charge is 0.231 e. The van der Waals surface area contributed by atoms with Crippen LogP contribution in [-0.4, -0.2) is 33.9 Å². The molecule has 0 fully saturated rings. The van der Waals surface area contributed by atoms with Gasteiger partial charge in [0.2, 0.25) is 6.54 Å². The molecule has 0 aromatic heterocycles. The number of rotatable bonds is 3. The van der Waals surface area contributed by atoms with Crippen LogP contribution in [0.4, 0.5) is 0 Å². The van der Waals surface area contributed by atoms with E-state index in [0.717, 1.165) is 0 Å². The lowest BCUT2D eigenvalue weighted by molar-refractivity contribution is -0.492. The van der Waals surface area contributed by atoms with Gasteiger partial charge < -0.3 is 10.2 Å². The van der Waals surface area contributed by atoms with Crippen LogP contribution < -0.4 is 0 Å². The number of hydrogen-bond donors (Lipinski definition) is 2. The van der Waals surface area contributed by atoms with Crippen molar-refractivity contribution in [1.29, 1.82) is 0 Å². The van der Waals surface area contributed by atoms with E-state index in [2.05, 4.69) is 0 Å². The zero-order valence-corrected chi connectivity index (χ0v) is 5.02. The molecule has 0 bridgehead atoms. The number of aliphatic hydroxyl groups is 2. The Kier molecular flexibility index (Phi) is 3.11. The van der Waals surface area contributed by atoms with Crippen molar-refractivity contribution >= 4 is 0 Å². The Morgan fingerprint density at radius 3 is 2.22 bits per heavy atom. The van der Waals surface area contributed by atoms with Crippen molar-refractivity contribution in [1.82, 2.24) is 0 Å². The molecule has 0 aliphatic rings. The molecule has 0 saturated carbocycles. The minimum atomic E-state index is -1.25. The highest BCUT2D eigenvalue weighted by molar-refractivity contribution is 4.58. The fourth-order valence-corrected chi connectivity index (χ4v) is 0.305. The van der Waals surface area contributed by atoms with Crippen molar-refractivity contribution in [2.45, 2.75) is 19.1 Å². The molecule has 2 N–H and O–H groups in total. The van der Waals surface area contributed by atoms with Crippen LogP contribution in [0.1, 0.15) is 6.92 Å². The van der Waals surface area contributed by atoms with Gasteiger partial charge in [0, 0.05) is 4.92 Å². The van der Waals surface area contributed by atoms with E-state index in [0.29, 0.717) is 0 Å². The summed E-state index contributed by atoms with van der Waals surface area (Å²) in [4.78, 5) is 8.98. The van der Waals surface area contributed by atoms with E-state index < -0.39 is 23.7 Å². The topological polar surface area (TPSA) is 83.6 Å². The first-order valence-corrected chi connectivity index (χ1v) is 2.52. The average Bonchev–Trinajstić information content (AvgIpc) is 1.63. The number of nitrogens with zero attached hydrogens (tertiary/aromatic N) is 1. The molecule has 9 heavy (non-hydrogen) atoms. The summed E-state index contributed by atoms with van der Waals surface area (Å²) in [6, 6.07) is 0. The van der Waals surface area contributed by atoms with Gasteiger partial charge in [-0.05, 0) is 6.92 Å². The maximum Gasteiger partial charge on any atom is 0.231 e. The molecule has 0 aromatic carbocycles. The van der Waals surface area contributed by atoms with Gasteiger partial charge in [-0.25, -0.2) is 0 Å². The first kappa shape index (κ1) is 8.32. The van der Waals surface area contributed by atoms with Crippen LogP contribution >= 0.6 is 0 Å². The number of aliphatic hydroxyl groups excluding tert-OH is 2. The summed E-state index contributed by atoms with van der Waals surface area (Å²) in [6.07, 6.45) is -2.28. The molecule has 5 heteroatoms. The lowest BCUT2D eigenvalue weighted by Gasteiger charge is -2.06. The second-order valence-corrected chi connectivity index (χ2v) is 1.82. The van der Waals surface area contributed by atoms with Gasteiger partial charge in [-0.1, -0.05) is 0 Å². The van der Waals surface area contributed by atoms with Crippen molar-refractivity contribution in [3.8, 4) is 0 Å². The zero-order chi connectivity index (χ0) is 7.44. The highest BCUT2D eigenvalue weighted by Gasteiger charge is 2.16. The molecule has 0 unspecified atom stereocenters.